The summed E-state index contributed by atoms with van der Waals surface area (Å²) in [5.41, 5.74) is 5.26. The van der Waals surface area contributed by atoms with Crippen LogP contribution in [0.5, 0.6) is 0 Å². The Balaban J connectivity index is 2.28. The molecule has 0 amide bonds. The Hall–Kier alpha value is -1.81. The summed E-state index contributed by atoms with van der Waals surface area (Å²) in [5, 5.41) is 4.60. The van der Waals surface area contributed by atoms with Crippen LogP contribution in [0.1, 0.15) is 11.1 Å². The number of aryl methyl sites for hydroxylation is 1. The molecule has 2 heterocycles. The van der Waals surface area contributed by atoms with Crippen molar-refractivity contribution in [2.24, 2.45) is 0 Å². The van der Waals surface area contributed by atoms with E-state index < -0.39 is 0 Å². The second-order valence-electron chi connectivity index (χ2n) is 4.24. The van der Waals surface area contributed by atoms with Crippen molar-refractivity contribution in [3.8, 4) is 11.3 Å². The van der Waals surface area contributed by atoms with Crippen LogP contribution in [0.4, 0.5) is 0 Å². The van der Waals surface area contributed by atoms with Crippen LogP contribution in [0, 0.1) is 6.92 Å². The van der Waals surface area contributed by atoms with Crippen molar-refractivity contribution in [3.05, 3.63) is 53.9 Å². The molecule has 1 aromatic carbocycles. The maximum Gasteiger partial charge on any atom is 0.159 e. The number of benzene rings is 1. The molecule has 3 nitrogen and oxygen atoms in total. The van der Waals surface area contributed by atoms with Crippen LogP contribution in [-0.4, -0.2) is 14.6 Å². The van der Waals surface area contributed by atoms with Crippen molar-refractivity contribution in [3.63, 3.8) is 0 Å². The van der Waals surface area contributed by atoms with Gasteiger partial charge >= 0.3 is 0 Å². The van der Waals surface area contributed by atoms with E-state index >= 15 is 0 Å². The molecule has 2 aromatic heterocycles. The fourth-order valence-corrected chi connectivity index (χ4v) is 2.40. The average molecular weight is 255 g/mol. The highest BCUT2D eigenvalue weighted by molar-refractivity contribution is 7.79. The lowest BCUT2D eigenvalue weighted by Gasteiger charge is -2.00. The molecule has 18 heavy (non-hydrogen) atoms. The Morgan fingerprint density at radius 1 is 1.28 bits per heavy atom. The molecule has 0 aliphatic carbocycles. The van der Waals surface area contributed by atoms with Crippen molar-refractivity contribution in [2.75, 3.05) is 0 Å². The molecule has 0 bridgehead atoms. The van der Waals surface area contributed by atoms with Gasteiger partial charge in [0.2, 0.25) is 0 Å². The summed E-state index contributed by atoms with van der Waals surface area (Å²) < 4.78 is 1.81. The van der Waals surface area contributed by atoms with Gasteiger partial charge in [-0.15, -0.1) is 0 Å². The highest BCUT2D eigenvalue weighted by Gasteiger charge is 2.13. The molecule has 0 unspecified atom stereocenters. The number of hydrogen-bond donors (Lipinski definition) is 1. The lowest BCUT2D eigenvalue weighted by molar-refractivity contribution is 0.943. The quantitative estimate of drug-likeness (QED) is 0.713. The molecule has 0 spiro atoms. The average Bonchev–Trinajstić information content (AvgIpc) is 2.77. The smallest absolute Gasteiger partial charge is 0.159 e. The summed E-state index contributed by atoms with van der Waals surface area (Å²) in [4.78, 5) is 4.37. The zero-order valence-corrected chi connectivity index (χ0v) is 10.9. The molecule has 0 aliphatic rings. The normalized spacial score (nSPS) is 11.0. The molecule has 0 atom stereocenters. The van der Waals surface area contributed by atoms with E-state index in [9.17, 15) is 0 Å². The van der Waals surface area contributed by atoms with Gasteiger partial charge in [-0.2, -0.15) is 17.7 Å². The van der Waals surface area contributed by atoms with Gasteiger partial charge in [-0.05, 0) is 19.1 Å². The lowest BCUT2D eigenvalue weighted by Crippen LogP contribution is -1.87. The topological polar surface area (TPSA) is 30.2 Å². The van der Waals surface area contributed by atoms with Crippen LogP contribution in [0.3, 0.4) is 0 Å². The van der Waals surface area contributed by atoms with Gasteiger partial charge in [-0.25, -0.2) is 9.50 Å². The standard InChI is InChI=1S/C14H13N3S/c1-10-4-2-5-11(8-10)13-12(9-18)14-15-6-3-7-17(14)16-13/h2-8,18H,9H2,1H3. The minimum Gasteiger partial charge on any atom is -0.237 e. The summed E-state index contributed by atoms with van der Waals surface area (Å²) in [6.45, 7) is 2.08. The SMILES string of the molecule is Cc1cccc(-c2nn3cccnc3c2CS)c1. The Morgan fingerprint density at radius 3 is 2.94 bits per heavy atom. The Kier molecular flexibility index (Phi) is 2.80. The van der Waals surface area contributed by atoms with E-state index in [-0.39, 0.29) is 0 Å². The van der Waals surface area contributed by atoms with Crippen molar-refractivity contribution in [1.29, 1.82) is 0 Å². The third-order valence-electron chi connectivity index (χ3n) is 2.94. The van der Waals surface area contributed by atoms with E-state index in [4.69, 9.17) is 0 Å². The number of hydrogen-bond acceptors (Lipinski definition) is 3. The predicted octanol–water partition coefficient (Wildman–Crippen LogP) is 3.13. The highest BCUT2D eigenvalue weighted by atomic mass is 32.1. The van der Waals surface area contributed by atoms with Gasteiger partial charge in [0.1, 0.15) is 0 Å². The first-order chi connectivity index (χ1) is 8.79. The van der Waals surface area contributed by atoms with Crippen LogP contribution in [0.15, 0.2) is 42.7 Å². The lowest BCUT2D eigenvalue weighted by atomic mass is 10.1. The number of aromatic nitrogens is 3. The predicted molar refractivity (Wildman–Crippen MR) is 75.9 cm³/mol. The summed E-state index contributed by atoms with van der Waals surface area (Å²) in [6.07, 6.45) is 3.69. The highest BCUT2D eigenvalue weighted by Crippen LogP contribution is 2.26. The largest absolute Gasteiger partial charge is 0.237 e. The van der Waals surface area contributed by atoms with Gasteiger partial charge in [-0.1, -0.05) is 23.8 Å². The summed E-state index contributed by atoms with van der Waals surface area (Å²) in [5.74, 6) is 0.629. The number of fused-ring (bicyclic) bond motifs is 1. The maximum atomic E-state index is 4.60. The first-order valence-corrected chi connectivity index (χ1v) is 6.43. The number of thiol groups is 1. The zero-order chi connectivity index (χ0) is 12.5. The Bertz CT molecular complexity index is 703. The van der Waals surface area contributed by atoms with Crippen LogP contribution >= 0.6 is 12.6 Å². The van der Waals surface area contributed by atoms with E-state index in [0.29, 0.717) is 5.75 Å². The van der Waals surface area contributed by atoms with Crippen LogP contribution in [0.25, 0.3) is 16.9 Å². The monoisotopic (exact) mass is 255 g/mol. The summed E-state index contributed by atoms with van der Waals surface area (Å²) >= 11 is 4.40. The first-order valence-electron chi connectivity index (χ1n) is 5.80. The van der Waals surface area contributed by atoms with E-state index in [2.05, 4.69) is 47.8 Å². The molecule has 3 aromatic rings. The molecular formula is C14H13N3S. The molecular weight excluding hydrogens is 242 g/mol. The Labute approximate surface area is 111 Å². The van der Waals surface area contributed by atoms with Crippen molar-refractivity contribution in [1.82, 2.24) is 14.6 Å². The molecule has 0 fully saturated rings. The van der Waals surface area contributed by atoms with Gasteiger partial charge in [0.15, 0.2) is 5.65 Å². The minimum atomic E-state index is 0.629. The second-order valence-corrected chi connectivity index (χ2v) is 4.56. The summed E-state index contributed by atoms with van der Waals surface area (Å²) in [6, 6.07) is 10.2. The molecule has 3 rings (SSSR count). The van der Waals surface area contributed by atoms with Gasteiger partial charge in [0.05, 0.1) is 5.69 Å². The van der Waals surface area contributed by atoms with Gasteiger partial charge in [-0.3, -0.25) is 0 Å². The number of rotatable bonds is 2. The fraction of sp³-hybridized carbons (Fsp3) is 0.143. The molecule has 90 valence electrons. The van der Waals surface area contributed by atoms with E-state index in [1.54, 1.807) is 6.20 Å². The van der Waals surface area contributed by atoms with Crippen molar-refractivity contribution < 1.29 is 0 Å². The molecule has 0 radical (unpaired) electrons. The van der Waals surface area contributed by atoms with Gasteiger partial charge in [0, 0.05) is 29.3 Å². The first kappa shape index (κ1) is 11.3. The second kappa shape index (κ2) is 4.46. The van der Waals surface area contributed by atoms with E-state index in [1.165, 1.54) is 5.56 Å². The molecule has 0 N–H and O–H groups in total. The minimum absolute atomic E-state index is 0.629. The molecule has 0 saturated heterocycles. The third-order valence-corrected chi connectivity index (χ3v) is 3.26. The van der Waals surface area contributed by atoms with Crippen molar-refractivity contribution >= 4 is 18.3 Å². The fourth-order valence-electron chi connectivity index (χ4n) is 2.10. The molecule has 0 saturated carbocycles. The third kappa shape index (κ3) is 1.78. The number of nitrogens with zero attached hydrogens (tertiary/aromatic N) is 3. The maximum absolute atomic E-state index is 4.60. The molecule has 0 aliphatic heterocycles. The zero-order valence-electron chi connectivity index (χ0n) is 10.0. The molecule has 4 heteroatoms. The summed E-state index contributed by atoms with van der Waals surface area (Å²) in [7, 11) is 0. The van der Waals surface area contributed by atoms with Gasteiger partial charge in [0.25, 0.3) is 0 Å². The van der Waals surface area contributed by atoms with Crippen LogP contribution < -0.4 is 0 Å². The van der Waals surface area contributed by atoms with Gasteiger partial charge < -0.3 is 0 Å². The van der Waals surface area contributed by atoms with Crippen LogP contribution in [-0.2, 0) is 5.75 Å². The van der Waals surface area contributed by atoms with Crippen molar-refractivity contribution in [2.45, 2.75) is 12.7 Å². The van der Waals surface area contributed by atoms with E-state index in [0.717, 1.165) is 22.5 Å². The Morgan fingerprint density at radius 2 is 2.17 bits per heavy atom. The van der Waals surface area contributed by atoms with Crippen LogP contribution in [0.2, 0.25) is 0 Å². The van der Waals surface area contributed by atoms with E-state index in [1.807, 2.05) is 22.8 Å².